The topological polar surface area (TPSA) is 119 Å². The summed E-state index contributed by atoms with van der Waals surface area (Å²) in [5.41, 5.74) is 6.37. The van der Waals surface area contributed by atoms with Gasteiger partial charge in [0, 0.05) is 5.92 Å². The zero-order chi connectivity index (χ0) is 14.3. The van der Waals surface area contributed by atoms with Crippen molar-refractivity contribution in [3.05, 3.63) is 12.7 Å². The Kier molecular flexibility index (Phi) is 3.24. The molecular formula is C11H14FN5O3. The number of fused-ring (bicyclic) bond motifs is 1. The Balaban J connectivity index is 2.01. The van der Waals surface area contributed by atoms with E-state index in [1.165, 1.54) is 17.2 Å². The maximum atomic E-state index is 14.4. The molecule has 4 atom stereocenters. The third kappa shape index (κ3) is 1.82. The van der Waals surface area contributed by atoms with E-state index in [1.807, 2.05) is 0 Å². The van der Waals surface area contributed by atoms with Crippen LogP contribution in [0, 0.1) is 5.92 Å². The molecule has 1 fully saturated rings. The SMILES string of the molecule is Nc1ncnc2c1ncn2[C@@H]1O[C@H](CO)[C@@H](CO)[C@@H]1F. The van der Waals surface area contributed by atoms with Gasteiger partial charge >= 0.3 is 0 Å². The number of anilines is 1. The lowest BCUT2D eigenvalue weighted by Crippen LogP contribution is -2.28. The van der Waals surface area contributed by atoms with E-state index in [-0.39, 0.29) is 12.4 Å². The maximum Gasteiger partial charge on any atom is 0.168 e. The van der Waals surface area contributed by atoms with Crippen molar-refractivity contribution in [2.24, 2.45) is 5.92 Å². The molecule has 1 aliphatic heterocycles. The first kappa shape index (κ1) is 13.2. The van der Waals surface area contributed by atoms with E-state index in [0.717, 1.165) is 0 Å². The number of nitrogens with two attached hydrogens (primary N) is 1. The largest absolute Gasteiger partial charge is 0.396 e. The Hall–Kier alpha value is -1.84. The van der Waals surface area contributed by atoms with Crippen molar-refractivity contribution in [2.75, 3.05) is 18.9 Å². The van der Waals surface area contributed by atoms with Gasteiger partial charge in [-0.3, -0.25) is 4.57 Å². The minimum Gasteiger partial charge on any atom is -0.396 e. The molecule has 0 bridgehead atoms. The van der Waals surface area contributed by atoms with Crippen LogP contribution in [0.5, 0.6) is 0 Å². The number of hydrogen-bond acceptors (Lipinski definition) is 7. The van der Waals surface area contributed by atoms with Gasteiger partial charge in [-0.05, 0) is 0 Å². The molecule has 2 aromatic rings. The number of nitrogen functional groups attached to an aromatic ring is 1. The molecule has 8 nitrogen and oxygen atoms in total. The molecule has 0 radical (unpaired) electrons. The zero-order valence-corrected chi connectivity index (χ0v) is 10.4. The Morgan fingerprint density at radius 1 is 1.30 bits per heavy atom. The van der Waals surface area contributed by atoms with Crippen LogP contribution in [0.25, 0.3) is 11.2 Å². The van der Waals surface area contributed by atoms with Crippen molar-refractivity contribution >= 4 is 17.0 Å². The lowest BCUT2D eigenvalue weighted by atomic mass is 10.0. The fourth-order valence-corrected chi connectivity index (χ4v) is 2.44. The Morgan fingerprint density at radius 2 is 2.10 bits per heavy atom. The molecule has 3 heterocycles. The summed E-state index contributed by atoms with van der Waals surface area (Å²) in [5.74, 6) is -0.596. The summed E-state index contributed by atoms with van der Waals surface area (Å²) < 4.78 is 21.2. The number of rotatable bonds is 3. The third-order valence-electron chi connectivity index (χ3n) is 3.53. The summed E-state index contributed by atoms with van der Waals surface area (Å²) in [4.78, 5) is 11.9. The molecule has 0 aliphatic carbocycles. The molecule has 9 heteroatoms. The van der Waals surface area contributed by atoms with Crippen LogP contribution in [0.4, 0.5) is 10.2 Å². The predicted molar refractivity (Wildman–Crippen MR) is 66.2 cm³/mol. The van der Waals surface area contributed by atoms with Crippen LogP contribution in [0.3, 0.4) is 0 Å². The number of halogens is 1. The van der Waals surface area contributed by atoms with E-state index < -0.39 is 31.0 Å². The van der Waals surface area contributed by atoms with Gasteiger partial charge in [-0.2, -0.15) is 0 Å². The normalized spacial score (nSPS) is 30.1. The molecule has 3 rings (SSSR count). The van der Waals surface area contributed by atoms with Gasteiger partial charge in [-0.25, -0.2) is 19.3 Å². The number of alkyl halides is 1. The van der Waals surface area contributed by atoms with Gasteiger partial charge in [0.05, 0.1) is 25.6 Å². The fourth-order valence-electron chi connectivity index (χ4n) is 2.44. The quantitative estimate of drug-likeness (QED) is 0.677. The monoisotopic (exact) mass is 283 g/mol. The smallest absolute Gasteiger partial charge is 0.168 e. The maximum absolute atomic E-state index is 14.4. The summed E-state index contributed by atoms with van der Waals surface area (Å²) in [6, 6.07) is 0. The number of aromatic nitrogens is 4. The van der Waals surface area contributed by atoms with Crippen molar-refractivity contribution in [3.63, 3.8) is 0 Å². The molecule has 0 spiro atoms. The van der Waals surface area contributed by atoms with Crippen LogP contribution in [-0.4, -0.2) is 55.2 Å². The summed E-state index contributed by atoms with van der Waals surface area (Å²) in [6.07, 6.45) is -0.641. The number of ether oxygens (including phenoxy) is 1. The minimum atomic E-state index is -1.48. The van der Waals surface area contributed by atoms with E-state index in [9.17, 15) is 14.6 Å². The highest BCUT2D eigenvalue weighted by Crippen LogP contribution is 2.37. The van der Waals surface area contributed by atoms with Crippen molar-refractivity contribution in [1.29, 1.82) is 0 Å². The van der Waals surface area contributed by atoms with Gasteiger partial charge < -0.3 is 20.7 Å². The molecule has 4 N–H and O–H groups in total. The Bertz CT molecular complexity index is 621. The second kappa shape index (κ2) is 4.93. The second-order valence-electron chi connectivity index (χ2n) is 4.62. The van der Waals surface area contributed by atoms with Gasteiger partial charge in [0.15, 0.2) is 23.9 Å². The van der Waals surface area contributed by atoms with Crippen molar-refractivity contribution in [2.45, 2.75) is 18.5 Å². The van der Waals surface area contributed by atoms with E-state index in [2.05, 4.69) is 15.0 Å². The summed E-state index contributed by atoms with van der Waals surface area (Å²) >= 11 is 0. The van der Waals surface area contributed by atoms with Crippen LogP contribution in [-0.2, 0) is 4.74 Å². The lowest BCUT2D eigenvalue weighted by Gasteiger charge is -2.15. The lowest BCUT2D eigenvalue weighted by molar-refractivity contribution is -0.0403. The summed E-state index contributed by atoms with van der Waals surface area (Å²) in [5, 5.41) is 18.4. The second-order valence-corrected chi connectivity index (χ2v) is 4.62. The van der Waals surface area contributed by atoms with Gasteiger partial charge in [0.25, 0.3) is 0 Å². The van der Waals surface area contributed by atoms with Crippen LogP contribution < -0.4 is 5.73 Å². The van der Waals surface area contributed by atoms with Crippen molar-refractivity contribution < 1.29 is 19.3 Å². The number of nitrogens with zero attached hydrogens (tertiary/aromatic N) is 4. The zero-order valence-electron chi connectivity index (χ0n) is 10.4. The van der Waals surface area contributed by atoms with Crippen LogP contribution in [0.1, 0.15) is 6.23 Å². The van der Waals surface area contributed by atoms with Gasteiger partial charge in [-0.1, -0.05) is 0 Å². The van der Waals surface area contributed by atoms with Crippen molar-refractivity contribution in [1.82, 2.24) is 19.5 Å². The first-order valence-corrected chi connectivity index (χ1v) is 6.11. The number of hydrogen-bond donors (Lipinski definition) is 3. The molecule has 20 heavy (non-hydrogen) atoms. The number of aliphatic hydroxyl groups is 2. The van der Waals surface area contributed by atoms with E-state index in [4.69, 9.17) is 10.5 Å². The third-order valence-corrected chi connectivity index (χ3v) is 3.53. The minimum absolute atomic E-state index is 0.194. The van der Waals surface area contributed by atoms with E-state index in [1.54, 1.807) is 0 Å². The Morgan fingerprint density at radius 3 is 2.75 bits per heavy atom. The standard InChI is InChI=1S/C11H14FN5O3/c12-7-5(1-18)6(2-19)20-11(7)17-4-16-8-9(13)14-3-15-10(8)17/h3-7,11,18-19H,1-2H2,(H2,13,14,15)/t5-,6-,7+,11-/m1/s1. The van der Waals surface area contributed by atoms with Crippen LogP contribution in [0.2, 0.25) is 0 Å². The van der Waals surface area contributed by atoms with Gasteiger partial charge in [0.2, 0.25) is 0 Å². The first-order chi connectivity index (χ1) is 9.67. The first-order valence-electron chi connectivity index (χ1n) is 6.11. The average molecular weight is 283 g/mol. The highest BCUT2D eigenvalue weighted by atomic mass is 19.1. The van der Waals surface area contributed by atoms with Crippen LogP contribution >= 0.6 is 0 Å². The van der Waals surface area contributed by atoms with E-state index >= 15 is 0 Å². The Labute approximate surface area is 113 Å². The van der Waals surface area contributed by atoms with Crippen LogP contribution in [0.15, 0.2) is 12.7 Å². The van der Waals surface area contributed by atoms with Gasteiger partial charge in [-0.15, -0.1) is 0 Å². The summed E-state index contributed by atoms with van der Waals surface area (Å²) in [7, 11) is 0. The average Bonchev–Trinajstić information content (AvgIpc) is 3.00. The highest BCUT2D eigenvalue weighted by Gasteiger charge is 2.45. The predicted octanol–water partition coefficient (Wildman–Crippen LogP) is -0.755. The molecule has 0 unspecified atom stereocenters. The molecule has 108 valence electrons. The molecule has 0 aromatic carbocycles. The highest BCUT2D eigenvalue weighted by molar-refractivity contribution is 5.81. The summed E-state index contributed by atoms with van der Waals surface area (Å²) in [6.45, 7) is -0.779. The molecule has 1 saturated heterocycles. The van der Waals surface area contributed by atoms with Crippen molar-refractivity contribution in [3.8, 4) is 0 Å². The number of aliphatic hydroxyl groups excluding tert-OH is 2. The number of imidazole rings is 1. The van der Waals surface area contributed by atoms with Gasteiger partial charge in [0.1, 0.15) is 11.8 Å². The molecular weight excluding hydrogens is 269 g/mol. The van der Waals surface area contributed by atoms with E-state index in [0.29, 0.717) is 11.2 Å². The fraction of sp³-hybridized carbons (Fsp3) is 0.545. The molecule has 1 aliphatic rings. The molecule has 0 saturated carbocycles. The molecule has 0 amide bonds. The molecule has 2 aromatic heterocycles.